The summed E-state index contributed by atoms with van der Waals surface area (Å²) >= 11 is 3.91. The zero-order valence-corrected chi connectivity index (χ0v) is 6.27. The molecule has 0 rings (SSSR count). The van der Waals surface area contributed by atoms with Gasteiger partial charge in [0, 0.05) is 11.4 Å². The topological polar surface area (TPSA) is 17.1 Å². The van der Waals surface area contributed by atoms with E-state index in [2.05, 4.69) is 21.9 Å². The van der Waals surface area contributed by atoms with Crippen LogP contribution >= 0.6 is 21.9 Å². The number of carbonyl (C=O) groups is 1. The molecule has 0 radical (unpaired) electrons. The summed E-state index contributed by atoms with van der Waals surface area (Å²) < 4.78 is 0. The molecule has 0 aliphatic heterocycles. The van der Waals surface area contributed by atoms with Crippen molar-refractivity contribution in [1.82, 2.24) is 0 Å². The average molecular weight is 136 g/mol. The molecule has 0 aromatic heterocycles. The first kappa shape index (κ1) is 7.45. The van der Waals surface area contributed by atoms with Crippen molar-refractivity contribution >= 4 is 27.7 Å². The summed E-state index contributed by atoms with van der Waals surface area (Å²) in [5.41, 5.74) is 0.0448. The lowest BCUT2D eigenvalue weighted by molar-refractivity contribution is -0.116. The van der Waals surface area contributed by atoms with Crippen molar-refractivity contribution in [3.8, 4) is 0 Å². The Morgan fingerprint density at radius 2 is 2.43 bits per heavy atom. The van der Waals surface area contributed by atoms with E-state index in [0.717, 1.165) is 0 Å². The SMILES string of the molecule is CC(=O)C(P)CS. The third kappa shape index (κ3) is 3.07. The van der Waals surface area contributed by atoms with Crippen LogP contribution in [0.25, 0.3) is 0 Å². The second-order valence-corrected chi connectivity index (χ2v) is 2.57. The van der Waals surface area contributed by atoms with E-state index >= 15 is 0 Å². The number of hydrogen-bond donors (Lipinski definition) is 1. The lowest BCUT2D eigenvalue weighted by Crippen LogP contribution is -2.09. The molecule has 0 spiro atoms. The van der Waals surface area contributed by atoms with Gasteiger partial charge in [-0.05, 0) is 6.92 Å². The normalized spacial score (nSPS) is 13.6. The van der Waals surface area contributed by atoms with E-state index in [1.807, 2.05) is 0 Å². The summed E-state index contributed by atoms with van der Waals surface area (Å²) in [7, 11) is 2.42. The minimum absolute atomic E-state index is 0.0448. The number of hydrogen-bond acceptors (Lipinski definition) is 2. The van der Waals surface area contributed by atoms with Crippen LogP contribution in [0.15, 0.2) is 0 Å². The van der Waals surface area contributed by atoms with Crippen molar-refractivity contribution < 1.29 is 4.79 Å². The molecule has 2 atom stereocenters. The molecule has 7 heavy (non-hydrogen) atoms. The first-order valence-corrected chi connectivity index (χ1v) is 3.35. The summed E-state index contributed by atoms with van der Waals surface area (Å²) in [5, 5.41) is 0. The van der Waals surface area contributed by atoms with Gasteiger partial charge in [0.05, 0.1) is 0 Å². The van der Waals surface area contributed by atoms with E-state index in [1.54, 1.807) is 6.92 Å². The quantitative estimate of drug-likeness (QED) is 0.438. The number of Topliss-reactive ketones (excluding diaryl/α,β-unsaturated/α-hetero) is 1. The maximum absolute atomic E-state index is 10.3. The molecular formula is C4H9OPS. The van der Waals surface area contributed by atoms with Gasteiger partial charge in [0.2, 0.25) is 0 Å². The van der Waals surface area contributed by atoms with Crippen LogP contribution < -0.4 is 0 Å². The zero-order valence-electron chi connectivity index (χ0n) is 4.22. The van der Waals surface area contributed by atoms with E-state index in [4.69, 9.17) is 0 Å². The number of rotatable bonds is 2. The Balaban J connectivity index is 3.34. The Hall–Kier alpha value is 0.450. The third-order valence-corrected chi connectivity index (χ3v) is 2.21. The van der Waals surface area contributed by atoms with Crippen molar-refractivity contribution in [2.45, 2.75) is 12.6 Å². The Kier molecular flexibility index (Phi) is 3.67. The van der Waals surface area contributed by atoms with Gasteiger partial charge in [0.25, 0.3) is 0 Å². The van der Waals surface area contributed by atoms with E-state index in [0.29, 0.717) is 5.75 Å². The molecule has 0 aliphatic carbocycles. The molecule has 0 aromatic carbocycles. The van der Waals surface area contributed by atoms with Gasteiger partial charge in [0.1, 0.15) is 5.78 Å². The number of thiol groups is 1. The molecule has 0 bridgehead atoms. The molecule has 0 amide bonds. The van der Waals surface area contributed by atoms with Gasteiger partial charge in [-0.15, -0.1) is 9.24 Å². The number of ketones is 1. The second-order valence-electron chi connectivity index (χ2n) is 1.40. The maximum Gasteiger partial charge on any atom is 0.137 e. The molecule has 1 nitrogen and oxygen atoms in total. The molecule has 3 heteroatoms. The Bertz CT molecular complexity index is 74.1. The summed E-state index contributed by atoms with van der Waals surface area (Å²) in [6.07, 6.45) is 0. The summed E-state index contributed by atoms with van der Waals surface area (Å²) in [6, 6.07) is 0. The molecule has 0 aliphatic rings. The first-order chi connectivity index (χ1) is 3.18. The van der Waals surface area contributed by atoms with Crippen LogP contribution in [0.5, 0.6) is 0 Å². The molecule has 0 saturated carbocycles. The fourth-order valence-electron chi connectivity index (χ4n) is 0.129. The third-order valence-electron chi connectivity index (χ3n) is 0.719. The highest BCUT2D eigenvalue weighted by Crippen LogP contribution is 2.01. The minimum atomic E-state index is 0.0448. The van der Waals surface area contributed by atoms with Crippen LogP contribution in [0.2, 0.25) is 0 Å². The smallest absolute Gasteiger partial charge is 0.137 e. The molecule has 0 saturated heterocycles. The van der Waals surface area contributed by atoms with Crippen molar-refractivity contribution in [2.24, 2.45) is 0 Å². The Morgan fingerprint density at radius 1 is 2.00 bits per heavy atom. The highest BCUT2D eigenvalue weighted by Gasteiger charge is 2.01. The van der Waals surface area contributed by atoms with Crippen LogP contribution in [0.3, 0.4) is 0 Å². The Morgan fingerprint density at radius 3 is 2.43 bits per heavy atom. The summed E-state index contributed by atoms with van der Waals surface area (Å²) in [6.45, 7) is 1.56. The maximum atomic E-state index is 10.3. The van der Waals surface area contributed by atoms with Gasteiger partial charge in [0.15, 0.2) is 0 Å². The van der Waals surface area contributed by atoms with Gasteiger partial charge in [-0.25, -0.2) is 0 Å². The minimum Gasteiger partial charge on any atom is -0.299 e. The first-order valence-electron chi connectivity index (χ1n) is 2.05. The summed E-state index contributed by atoms with van der Waals surface area (Å²) in [4.78, 5) is 10.3. The standard InChI is InChI=1S/C4H9OPS/c1-3(5)4(6)2-7/h4,7H,2,6H2,1H3. The van der Waals surface area contributed by atoms with Gasteiger partial charge in [-0.3, -0.25) is 4.79 Å². The van der Waals surface area contributed by atoms with Gasteiger partial charge < -0.3 is 0 Å². The lowest BCUT2D eigenvalue weighted by Gasteiger charge is -1.97. The monoisotopic (exact) mass is 136 g/mol. The van der Waals surface area contributed by atoms with Crippen molar-refractivity contribution in [2.75, 3.05) is 5.75 Å². The van der Waals surface area contributed by atoms with Crippen LogP contribution in [0, 0.1) is 0 Å². The Labute approximate surface area is 51.5 Å². The van der Waals surface area contributed by atoms with Crippen LogP contribution in [0.1, 0.15) is 6.92 Å². The largest absolute Gasteiger partial charge is 0.299 e. The predicted octanol–water partition coefficient (Wildman–Crippen LogP) is 0.749. The molecule has 2 unspecified atom stereocenters. The van der Waals surface area contributed by atoms with Crippen LogP contribution in [-0.4, -0.2) is 17.2 Å². The fourth-order valence-corrected chi connectivity index (χ4v) is 0.386. The lowest BCUT2D eigenvalue weighted by atomic mass is 10.3. The van der Waals surface area contributed by atoms with Crippen LogP contribution in [0.4, 0.5) is 0 Å². The fraction of sp³-hybridized carbons (Fsp3) is 0.750. The number of carbonyl (C=O) groups excluding carboxylic acids is 1. The van der Waals surface area contributed by atoms with E-state index in [1.165, 1.54) is 0 Å². The second kappa shape index (κ2) is 3.45. The van der Waals surface area contributed by atoms with Gasteiger partial charge >= 0.3 is 0 Å². The summed E-state index contributed by atoms with van der Waals surface area (Å²) in [5.74, 6) is 0.806. The van der Waals surface area contributed by atoms with Crippen molar-refractivity contribution in [3.63, 3.8) is 0 Å². The van der Waals surface area contributed by atoms with E-state index in [9.17, 15) is 4.79 Å². The highest BCUT2D eigenvalue weighted by atomic mass is 32.1. The average Bonchev–Trinajstić information content (AvgIpc) is 1.65. The van der Waals surface area contributed by atoms with Crippen LogP contribution in [-0.2, 0) is 4.79 Å². The van der Waals surface area contributed by atoms with E-state index in [-0.39, 0.29) is 11.4 Å². The molecule has 0 N–H and O–H groups in total. The van der Waals surface area contributed by atoms with Crippen molar-refractivity contribution in [3.05, 3.63) is 0 Å². The van der Waals surface area contributed by atoms with Gasteiger partial charge in [-0.1, -0.05) is 0 Å². The predicted molar refractivity (Wildman–Crippen MR) is 38.0 cm³/mol. The molecule has 0 aromatic rings. The highest BCUT2D eigenvalue weighted by molar-refractivity contribution is 7.80. The van der Waals surface area contributed by atoms with Gasteiger partial charge in [-0.2, -0.15) is 12.6 Å². The zero-order chi connectivity index (χ0) is 5.86. The van der Waals surface area contributed by atoms with E-state index < -0.39 is 0 Å². The van der Waals surface area contributed by atoms with Crippen molar-refractivity contribution in [1.29, 1.82) is 0 Å². The molecule has 0 fully saturated rings. The molecule has 42 valence electrons. The molecule has 0 heterocycles. The molecular weight excluding hydrogens is 127 g/mol.